The topological polar surface area (TPSA) is 54.1 Å². The summed E-state index contributed by atoms with van der Waals surface area (Å²) in [6.07, 6.45) is 0.0807. The maximum absolute atomic E-state index is 9.52. The van der Waals surface area contributed by atoms with Crippen LogP contribution in [-0.2, 0) is 0 Å². The van der Waals surface area contributed by atoms with Crippen LogP contribution < -0.4 is 9.80 Å². The number of anilines is 3. The lowest BCUT2D eigenvalue weighted by Crippen LogP contribution is -2.36. The first-order chi connectivity index (χ1) is 10.6. The molecule has 0 saturated heterocycles. The molecule has 0 aliphatic carbocycles. The summed E-state index contributed by atoms with van der Waals surface area (Å²) >= 11 is 0. The minimum absolute atomic E-state index is 0.0807. The Balaban J connectivity index is 2.29. The van der Waals surface area contributed by atoms with E-state index in [1.54, 1.807) is 6.07 Å². The number of para-hydroxylation sites is 1. The van der Waals surface area contributed by atoms with Crippen molar-refractivity contribution in [1.29, 1.82) is 10.5 Å². The number of nitrogens with zero attached hydrogens (tertiary/aromatic N) is 4. The molecule has 0 bridgehead atoms. The average molecular weight is 288 g/mol. The zero-order valence-corrected chi connectivity index (χ0v) is 12.8. The quantitative estimate of drug-likeness (QED) is 0.803. The van der Waals surface area contributed by atoms with Gasteiger partial charge in [0.05, 0.1) is 28.6 Å². The van der Waals surface area contributed by atoms with Crippen molar-refractivity contribution in [2.45, 2.75) is 20.0 Å². The molecule has 0 fully saturated rings. The van der Waals surface area contributed by atoms with Crippen LogP contribution in [0.4, 0.5) is 17.1 Å². The molecule has 1 atom stereocenters. The molecule has 0 radical (unpaired) electrons. The van der Waals surface area contributed by atoms with E-state index in [1.165, 1.54) is 0 Å². The maximum atomic E-state index is 9.52. The summed E-state index contributed by atoms with van der Waals surface area (Å²) in [5.74, 6) is 0. The Labute approximate surface area is 130 Å². The van der Waals surface area contributed by atoms with E-state index in [-0.39, 0.29) is 6.17 Å². The van der Waals surface area contributed by atoms with Crippen molar-refractivity contribution in [3.63, 3.8) is 0 Å². The summed E-state index contributed by atoms with van der Waals surface area (Å²) in [7, 11) is 1.99. The third kappa shape index (κ3) is 1.89. The highest BCUT2D eigenvalue weighted by atomic mass is 15.4. The van der Waals surface area contributed by atoms with Crippen molar-refractivity contribution >= 4 is 17.1 Å². The standard InChI is InChI=1S/C18H16N4/c1-12-6-4-5-7-16(12)22-13(2)21(3)17-9-14(10-19)8-15(11-20)18(17)22/h4-9,13H,1-3H3/t13-/m0/s1. The van der Waals surface area contributed by atoms with Gasteiger partial charge < -0.3 is 9.80 Å². The molecule has 0 unspecified atom stereocenters. The smallest absolute Gasteiger partial charge is 0.103 e. The number of nitriles is 2. The first kappa shape index (κ1) is 14.0. The largest absolute Gasteiger partial charge is 0.352 e. The second-order valence-corrected chi connectivity index (χ2v) is 5.51. The molecule has 1 aliphatic rings. The van der Waals surface area contributed by atoms with Crippen molar-refractivity contribution in [1.82, 2.24) is 0 Å². The SMILES string of the molecule is Cc1ccccc1N1c2c(C#N)cc(C#N)cc2N(C)[C@@H]1C. The number of hydrogen-bond donors (Lipinski definition) is 0. The van der Waals surface area contributed by atoms with Crippen LogP contribution in [0.25, 0.3) is 0 Å². The van der Waals surface area contributed by atoms with Gasteiger partial charge in [-0.2, -0.15) is 10.5 Å². The van der Waals surface area contributed by atoms with Gasteiger partial charge in [-0.1, -0.05) is 18.2 Å². The lowest BCUT2D eigenvalue weighted by Gasteiger charge is -2.29. The van der Waals surface area contributed by atoms with Gasteiger partial charge in [0, 0.05) is 12.7 Å². The van der Waals surface area contributed by atoms with Crippen LogP contribution in [0, 0.1) is 29.6 Å². The van der Waals surface area contributed by atoms with Gasteiger partial charge in [0.25, 0.3) is 0 Å². The van der Waals surface area contributed by atoms with Gasteiger partial charge in [0.1, 0.15) is 12.2 Å². The van der Waals surface area contributed by atoms with Gasteiger partial charge in [0.15, 0.2) is 0 Å². The van der Waals surface area contributed by atoms with E-state index < -0.39 is 0 Å². The van der Waals surface area contributed by atoms with Crippen LogP contribution in [0.5, 0.6) is 0 Å². The van der Waals surface area contributed by atoms with Gasteiger partial charge >= 0.3 is 0 Å². The Morgan fingerprint density at radius 2 is 1.77 bits per heavy atom. The molecule has 0 amide bonds. The van der Waals surface area contributed by atoms with Crippen LogP contribution in [-0.4, -0.2) is 13.2 Å². The van der Waals surface area contributed by atoms with E-state index >= 15 is 0 Å². The molecule has 108 valence electrons. The molecule has 1 aliphatic heterocycles. The molecule has 22 heavy (non-hydrogen) atoms. The van der Waals surface area contributed by atoms with Gasteiger partial charge in [-0.15, -0.1) is 0 Å². The van der Waals surface area contributed by atoms with Gasteiger partial charge in [-0.05, 0) is 37.6 Å². The zero-order valence-electron chi connectivity index (χ0n) is 12.8. The first-order valence-electron chi connectivity index (χ1n) is 7.14. The number of fused-ring (bicyclic) bond motifs is 1. The third-order valence-electron chi connectivity index (χ3n) is 4.27. The Bertz CT molecular complexity index is 826. The maximum Gasteiger partial charge on any atom is 0.103 e. The molecule has 2 aromatic rings. The number of aryl methyl sites for hydroxylation is 1. The van der Waals surface area contributed by atoms with E-state index in [4.69, 9.17) is 0 Å². The second-order valence-electron chi connectivity index (χ2n) is 5.51. The number of rotatable bonds is 1. The zero-order chi connectivity index (χ0) is 15.9. The van der Waals surface area contributed by atoms with Crippen molar-refractivity contribution in [3.05, 3.63) is 53.1 Å². The van der Waals surface area contributed by atoms with Gasteiger partial charge in [0.2, 0.25) is 0 Å². The summed E-state index contributed by atoms with van der Waals surface area (Å²) in [5.41, 5.74) is 5.09. The molecule has 2 aromatic carbocycles. The summed E-state index contributed by atoms with van der Waals surface area (Å²) in [6, 6.07) is 16.0. The summed E-state index contributed by atoms with van der Waals surface area (Å²) < 4.78 is 0. The molecule has 3 rings (SSSR count). The molecule has 0 aromatic heterocycles. The molecular formula is C18H16N4. The van der Waals surface area contributed by atoms with Crippen LogP contribution in [0.1, 0.15) is 23.6 Å². The lowest BCUT2D eigenvalue weighted by atomic mass is 10.1. The van der Waals surface area contributed by atoms with Crippen molar-refractivity contribution in [2.75, 3.05) is 16.8 Å². The van der Waals surface area contributed by atoms with Crippen molar-refractivity contribution in [3.8, 4) is 12.1 Å². The Kier molecular flexibility index (Phi) is 3.23. The molecule has 4 heteroatoms. The van der Waals surface area contributed by atoms with Crippen LogP contribution in [0.15, 0.2) is 36.4 Å². The van der Waals surface area contributed by atoms with Crippen molar-refractivity contribution < 1.29 is 0 Å². The highest BCUT2D eigenvalue weighted by molar-refractivity contribution is 5.89. The molecule has 0 saturated carbocycles. The van der Waals surface area contributed by atoms with E-state index in [0.29, 0.717) is 11.1 Å². The van der Waals surface area contributed by atoms with Gasteiger partial charge in [-0.3, -0.25) is 0 Å². The molecular weight excluding hydrogens is 272 g/mol. The highest BCUT2D eigenvalue weighted by Gasteiger charge is 2.34. The predicted octanol–water partition coefficient (Wildman–Crippen LogP) is 3.67. The van der Waals surface area contributed by atoms with E-state index in [1.807, 2.05) is 25.2 Å². The van der Waals surface area contributed by atoms with Crippen LogP contribution in [0.3, 0.4) is 0 Å². The summed E-state index contributed by atoms with van der Waals surface area (Å²) in [4.78, 5) is 4.27. The van der Waals surface area contributed by atoms with E-state index in [2.05, 4.69) is 47.9 Å². The van der Waals surface area contributed by atoms with E-state index in [9.17, 15) is 10.5 Å². The lowest BCUT2D eigenvalue weighted by molar-refractivity contribution is 0.732. The average Bonchev–Trinajstić information content (AvgIpc) is 2.79. The third-order valence-corrected chi connectivity index (χ3v) is 4.27. The molecule has 4 nitrogen and oxygen atoms in total. The molecule has 1 heterocycles. The fourth-order valence-corrected chi connectivity index (χ4v) is 3.01. The Morgan fingerprint density at radius 1 is 1.05 bits per heavy atom. The summed E-state index contributed by atoms with van der Waals surface area (Å²) in [5, 5.41) is 18.7. The minimum Gasteiger partial charge on any atom is -0.352 e. The highest BCUT2D eigenvalue weighted by Crippen LogP contribution is 2.46. The first-order valence-corrected chi connectivity index (χ1v) is 7.14. The fraction of sp³-hybridized carbons (Fsp3) is 0.222. The number of benzene rings is 2. The van der Waals surface area contributed by atoms with Gasteiger partial charge in [-0.25, -0.2) is 0 Å². The van der Waals surface area contributed by atoms with Crippen LogP contribution in [0.2, 0.25) is 0 Å². The van der Waals surface area contributed by atoms with Crippen molar-refractivity contribution in [2.24, 2.45) is 0 Å². The Morgan fingerprint density at radius 3 is 2.41 bits per heavy atom. The second kappa shape index (κ2) is 5.09. The Hall–Kier alpha value is -2.98. The number of hydrogen-bond acceptors (Lipinski definition) is 4. The van der Waals surface area contributed by atoms with Crippen LogP contribution >= 0.6 is 0 Å². The molecule has 0 spiro atoms. The molecule has 0 N–H and O–H groups in total. The monoisotopic (exact) mass is 288 g/mol. The minimum atomic E-state index is 0.0807. The summed E-state index contributed by atoms with van der Waals surface area (Å²) in [6.45, 7) is 4.16. The fourth-order valence-electron chi connectivity index (χ4n) is 3.01. The predicted molar refractivity (Wildman–Crippen MR) is 87.1 cm³/mol. The normalized spacial score (nSPS) is 16.1. The van der Waals surface area contributed by atoms with E-state index in [0.717, 1.165) is 22.6 Å².